The Morgan fingerprint density at radius 2 is 2.00 bits per heavy atom. The molecule has 0 spiro atoms. The number of ether oxygens (including phenoxy) is 2. The first-order valence-corrected chi connectivity index (χ1v) is 6.55. The van der Waals surface area contributed by atoms with Gasteiger partial charge in [-0.25, -0.2) is 0 Å². The molecule has 1 atom stereocenters. The molecule has 0 aliphatic rings. The first-order chi connectivity index (χ1) is 9.06. The smallest absolute Gasteiger partial charge is 0.132 e. The lowest BCUT2D eigenvalue weighted by molar-refractivity contribution is 0.398. The van der Waals surface area contributed by atoms with Crippen LogP contribution in [0, 0.1) is 6.92 Å². The number of aromatic nitrogens is 1. The molecule has 0 aliphatic heterocycles. The minimum Gasteiger partial charge on any atom is -0.497 e. The van der Waals surface area contributed by atoms with Gasteiger partial charge in [-0.05, 0) is 32.3 Å². The zero-order chi connectivity index (χ0) is 14.0. The largest absolute Gasteiger partial charge is 0.497 e. The third-order valence-electron chi connectivity index (χ3n) is 3.46. The van der Waals surface area contributed by atoms with Gasteiger partial charge in [0.1, 0.15) is 11.5 Å². The van der Waals surface area contributed by atoms with Gasteiger partial charge in [0.2, 0.25) is 0 Å². The molecule has 4 nitrogen and oxygen atoms in total. The van der Waals surface area contributed by atoms with Gasteiger partial charge in [-0.3, -0.25) is 0 Å². The lowest BCUT2D eigenvalue weighted by Gasteiger charge is -2.09. The summed E-state index contributed by atoms with van der Waals surface area (Å²) in [6.45, 7) is 4.12. The van der Waals surface area contributed by atoms with Crippen LogP contribution >= 0.6 is 0 Å². The van der Waals surface area contributed by atoms with Gasteiger partial charge in [0.15, 0.2) is 0 Å². The third-order valence-corrected chi connectivity index (χ3v) is 3.46. The van der Waals surface area contributed by atoms with Crippen molar-refractivity contribution in [3.8, 4) is 11.5 Å². The number of hydrogen-bond donors (Lipinski definition) is 2. The third kappa shape index (κ3) is 2.68. The van der Waals surface area contributed by atoms with E-state index in [-0.39, 0.29) is 6.04 Å². The number of benzene rings is 1. The molecule has 0 saturated carbocycles. The Hall–Kier alpha value is -1.68. The molecule has 0 fully saturated rings. The summed E-state index contributed by atoms with van der Waals surface area (Å²) in [6, 6.07) is 4.12. The molecular formula is C15H22N2O2. The van der Waals surface area contributed by atoms with Crippen LogP contribution in [0.25, 0.3) is 10.9 Å². The fraction of sp³-hybridized carbons (Fsp3) is 0.467. The van der Waals surface area contributed by atoms with Crippen LogP contribution in [0.5, 0.6) is 11.5 Å². The van der Waals surface area contributed by atoms with E-state index in [0.29, 0.717) is 0 Å². The van der Waals surface area contributed by atoms with E-state index in [1.165, 1.54) is 11.3 Å². The Labute approximate surface area is 113 Å². The van der Waals surface area contributed by atoms with E-state index in [4.69, 9.17) is 15.2 Å². The summed E-state index contributed by atoms with van der Waals surface area (Å²) in [6.07, 6.45) is 1.91. The summed E-state index contributed by atoms with van der Waals surface area (Å²) < 4.78 is 10.8. The zero-order valence-electron chi connectivity index (χ0n) is 12.0. The lowest BCUT2D eigenvalue weighted by Crippen LogP contribution is -2.15. The Balaban J connectivity index is 2.54. The molecule has 1 heterocycles. The van der Waals surface area contributed by atoms with Crippen molar-refractivity contribution in [3.05, 3.63) is 23.4 Å². The second kappa shape index (κ2) is 5.53. The highest BCUT2D eigenvalue weighted by atomic mass is 16.5. The molecule has 0 saturated heterocycles. The number of nitrogens with two attached hydrogens (primary N) is 1. The van der Waals surface area contributed by atoms with Crippen molar-refractivity contribution in [1.29, 1.82) is 0 Å². The normalized spacial score (nSPS) is 12.7. The summed E-state index contributed by atoms with van der Waals surface area (Å²) in [5.74, 6) is 1.64. The molecule has 1 aromatic carbocycles. The summed E-state index contributed by atoms with van der Waals surface area (Å²) in [4.78, 5) is 3.40. The highest BCUT2D eigenvalue weighted by Gasteiger charge is 2.15. The average Bonchev–Trinajstić information content (AvgIpc) is 2.70. The molecule has 0 bridgehead atoms. The van der Waals surface area contributed by atoms with Crippen LogP contribution in [0.2, 0.25) is 0 Å². The van der Waals surface area contributed by atoms with Crippen molar-refractivity contribution in [1.82, 2.24) is 4.98 Å². The summed E-state index contributed by atoms with van der Waals surface area (Å²) in [5.41, 5.74) is 9.36. The first kappa shape index (κ1) is 13.7. The summed E-state index contributed by atoms with van der Waals surface area (Å²) in [5, 5.41) is 1.14. The maximum atomic E-state index is 5.86. The molecule has 1 unspecified atom stereocenters. The molecule has 2 rings (SSSR count). The van der Waals surface area contributed by atoms with Gasteiger partial charge in [-0.2, -0.15) is 0 Å². The highest BCUT2D eigenvalue weighted by molar-refractivity contribution is 5.91. The Kier molecular flexibility index (Phi) is 4.00. The number of methoxy groups -OCH3 is 2. The van der Waals surface area contributed by atoms with Gasteiger partial charge in [0.25, 0.3) is 0 Å². The molecule has 104 valence electrons. The van der Waals surface area contributed by atoms with Crippen LogP contribution in [0.1, 0.15) is 24.6 Å². The van der Waals surface area contributed by atoms with E-state index in [1.54, 1.807) is 14.2 Å². The number of fused-ring (bicyclic) bond motifs is 1. The maximum absolute atomic E-state index is 5.86. The molecular weight excluding hydrogens is 240 g/mol. The van der Waals surface area contributed by atoms with Crippen molar-refractivity contribution < 1.29 is 9.47 Å². The van der Waals surface area contributed by atoms with Crippen LogP contribution in [-0.4, -0.2) is 25.2 Å². The van der Waals surface area contributed by atoms with E-state index in [0.717, 1.165) is 35.2 Å². The van der Waals surface area contributed by atoms with E-state index >= 15 is 0 Å². The number of hydrogen-bond acceptors (Lipinski definition) is 3. The number of aryl methyl sites for hydroxylation is 2. The molecule has 0 aliphatic carbocycles. The zero-order valence-corrected chi connectivity index (χ0v) is 12.0. The number of H-pyrrole nitrogens is 1. The second-order valence-corrected chi connectivity index (χ2v) is 5.00. The van der Waals surface area contributed by atoms with Crippen molar-refractivity contribution in [2.24, 2.45) is 5.73 Å². The standard InChI is InChI=1S/C15H22N2O2/c1-9(16)5-6-12-10(2)17-13-7-11(18-3)8-14(19-4)15(12)13/h7-9,17H,5-6,16H2,1-4H3. The average molecular weight is 262 g/mol. The van der Waals surface area contributed by atoms with Crippen molar-refractivity contribution >= 4 is 10.9 Å². The SMILES string of the molecule is COc1cc(OC)c2c(CCC(C)N)c(C)[nH]c2c1. The van der Waals surface area contributed by atoms with Crippen molar-refractivity contribution in [3.63, 3.8) is 0 Å². The molecule has 3 N–H and O–H groups in total. The van der Waals surface area contributed by atoms with Crippen LogP contribution in [0.4, 0.5) is 0 Å². The van der Waals surface area contributed by atoms with E-state index in [1.807, 2.05) is 19.1 Å². The maximum Gasteiger partial charge on any atom is 0.132 e. The van der Waals surface area contributed by atoms with Crippen LogP contribution in [0.3, 0.4) is 0 Å². The monoisotopic (exact) mass is 262 g/mol. The van der Waals surface area contributed by atoms with E-state index in [2.05, 4.69) is 11.9 Å². The fourth-order valence-electron chi connectivity index (χ4n) is 2.43. The molecule has 2 aromatic rings. The molecule has 0 radical (unpaired) electrons. The predicted molar refractivity (Wildman–Crippen MR) is 78.1 cm³/mol. The van der Waals surface area contributed by atoms with E-state index in [9.17, 15) is 0 Å². The Morgan fingerprint density at radius 3 is 2.58 bits per heavy atom. The molecule has 1 aromatic heterocycles. The summed E-state index contributed by atoms with van der Waals surface area (Å²) >= 11 is 0. The highest BCUT2D eigenvalue weighted by Crippen LogP contribution is 2.35. The molecule has 19 heavy (non-hydrogen) atoms. The number of rotatable bonds is 5. The van der Waals surface area contributed by atoms with Crippen LogP contribution in [0.15, 0.2) is 12.1 Å². The van der Waals surface area contributed by atoms with Crippen molar-refractivity contribution in [2.45, 2.75) is 32.7 Å². The Bertz CT molecular complexity index is 573. The fourth-order valence-corrected chi connectivity index (χ4v) is 2.43. The lowest BCUT2D eigenvalue weighted by atomic mass is 10.0. The van der Waals surface area contributed by atoms with Crippen LogP contribution < -0.4 is 15.2 Å². The predicted octanol–water partition coefficient (Wildman–Crippen LogP) is 2.77. The number of aromatic amines is 1. The van der Waals surface area contributed by atoms with Crippen molar-refractivity contribution in [2.75, 3.05) is 14.2 Å². The topological polar surface area (TPSA) is 60.3 Å². The van der Waals surface area contributed by atoms with Gasteiger partial charge < -0.3 is 20.2 Å². The second-order valence-electron chi connectivity index (χ2n) is 5.00. The summed E-state index contributed by atoms with van der Waals surface area (Å²) in [7, 11) is 3.35. The first-order valence-electron chi connectivity index (χ1n) is 6.55. The Morgan fingerprint density at radius 1 is 1.26 bits per heavy atom. The van der Waals surface area contributed by atoms with Crippen LogP contribution in [-0.2, 0) is 6.42 Å². The minimum absolute atomic E-state index is 0.202. The minimum atomic E-state index is 0.202. The molecule has 0 amide bonds. The van der Waals surface area contributed by atoms with Gasteiger partial charge in [0, 0.05) is 29.3 Å². The van der Waals surface area contributed by atoms with E-state index < -0.39 is 0 Å². The van der Waals surface area contributed by atoms with Gasteiger partial charge in [0.05, 0.1) is 19.7 Å². The molecule has 4 heteroatoms. The quantitative estimate of drug-likeness (QED) is 0.871. The van der Waals surface area contributed by atoms with Gasteiger partial charge in [-0.1, -0.05) is 0 Å². The van der Waals surface area contributed by atoms with Gasteiger partial charge in [-0.15, -0.1) is 0 Å². The number of nitrogens with one attached hydrogen (secondary N) is 1. The van der Waals surface area contributed by atoms with Gasteiger partial charge >= 0.3 is 0 Å².